The average Bonchev–Trinajstić information content (AvgIpc) is 3.85. The third kappa shape index (κ3) is 17.8. The van der Waals surface area contributed by atoms with Gasteiger partial charge in [-0.2, -0.15) is 10.4 Å². The van der Waals surface area contributed by atoms with E-state index in [9.17, 15) is 19.1 Å². The van der Waals surface area contributed by atoms with Gasteiger partial charge in [-0.05, 0) is 55.2 Å². The van der Waals surface area contributed by atoms with Crippen LogP contribution in [0, 0.1) is 17.1 Å². The number of rotatable bonds is 28. The molecule has 3 heterocycles. The number of hydrogen-bond donors (Lipinski definition) is 2. The molecule has 308 valence electrons. The molecule has 4 rings (SSSR count). The first-order chi connectivity index (χ1) is 26.8. The van der Waals surface area contributed by atoms with Crippen LogP contribution in [0.3, 0.4) is 0 Å². The van der Waals surface area contributed by atoms with Crippen molar-refractivity contribution in [2.45, 2.75) is 155 Å². The number of halogens is 1. The van der Waals surface area contributed by atoms with Crippen LogP contribution in [0.15, 0.2) is 36.7 Å². The molecule has 12 nitrogen and oxygen atoms in total. The lowest BCUT2D eigenvalue weighted by atomic mass is 10.0. The van der Waals surface area contributed by atoms with E-state index in [1.165, 1.54) is 95.5 Å². The molecule has 1 aliphatic rings. The molecule has 1 fully saturated rings. The Morgan fingerprint density at radius 3 is 2.27 bits per heavy atom. The largest absolute Gasteiger partial charge is 0.472 e. The number of aromatic nitrogens is 3. The van der Waals surface area contributed by atoms with Gasteiger partial charge >= 0.3 is 7.82 Å². The number of hydrogen-bond acceptors (Lipinski definition) is 10. The molecular formula is C41H65FN5O7P. The van der Waals surface area contributed by atoms with Crippen molar-refractivity contribution >= 4 is 19.2 Å². The summed E-state index contributed by atoms with van der Waals surface area (Å²) in [5, 5.41) is 13.5. The van der Waals surface area contributed by atoms with Gasteiger partial charge in [0.25, 0.3) is 0 Å². The van der Waals surface area contributed by atoms with Crippen LogP contribution in [-0.4, -0.2) is 58.1 Å². The van der Waals surface area contributed by atoms with Gasteiger partial charge in [-0.15, -0.1) is 0 Å². The Hall–Kier alpha value is -2.95. The molecular weight excluding hydrogens is 724 g/mol. The normalized spacial score (nSPS) is 17.1. The molecule has 0 amide bonds. The number of phosphoric acid groups is 1. The molecule has 0 saturated carbocycles. The molecule has 4 unspecified atom stereocenters. The second kappa shape index (κ2) is 26.8. The van der Waals surface area contributed by atoms with Crippen LogP contribution in [-0.2, 0) is 34.4 Å². The number of ether oxygens (including phenoxy) is 3. The summed E-state index contributed by atoms with van der Waals surface area (Å²) < 4.78 is 57.1. The Kier molecular flexibility index (Phi) is 22.6. The number of benzene rings is 1. The molecule has 3 aromatic rings. The van der Waals surface area contributed by atoms with Gasteiger partial charge in [-0.25, -0.2) is 18.5 Å². The number of nitrogens with zero attached hydrogens (tertiary/aromatic N) is 4. The molecule has 4 atom stereocenters. The number of nitrogen functional groups attached to an aromatic ring is 1. The summed E-state index contributed by atoms with van der Waals surface area (Å²) in [5.74, 6) is -0.185. The molecule has 0 spiro atoms. The van der Waals surface area contributed by atoms with Gasteiger partial charge in [-0.3, -0.25) is 9.05 Å². The predicted molar refractivity (Wildman–Crippen MR) is 213 cm³/mol. The van der Waals surface area contributed by atoms with E-state index in [4.69, 9.17) is 29.0 Å². The molecule has 1 saturated heterocycles. The zero-order valence-corrected chi connectivity index (χ0v) is 34.2. The fourth-order valence-corrected chi connectivity index (χ4v) is 7.39. The third-order valence-electron chi connectivity index (χ3n) is 9.56. The standard InChI is InChI=1S/C39H59FN5O7P.C2H6/c1-2-3-4-5-6-7-8-9-10-11-12-13-14-15-16-21-48-27-35(49-26-32-22-31(25-41)23-33(40)24-32)29-51-53(46,47)50-28-34-17-20-38(52-34)36-18-19-37-39(42)43-30-44-45(36)37;1-2/h18-19,22-24,30,34-35,38H,2-17,20-21,26-29H2,1H3,(H,46,47)(H2,42,43,44);1-2H3. The van der Waals surface area contributed by atoms with Gasteiger partial charge in [0, 0.05) is 6.61 Å². The summed E-state index contributed by atoms with van der Waals surface area (Å²) in [7, 11) is -4.48. The van der Waals surface area contributed by atoms with Crippen LogP contribution in [0.1, 0.15) is 153 Å². The number of anilines is 1. The van der Waals surface area contributed by atoms with Crippen LogP contribution in [0.25, 0.3) is 5.52 Å². The van der Waals surface area contributed by atoms with Gasteiger partial charge in [-0.1, -0.05) is 111 Å². The number of unbranched alkanes of at least 4 members (excludes halogenated alkanes) is 14. The number of phosphoric ester groups is 1. The number of nitrogens with two attached hydrogens (primary N) is 1. The molecule has 3 N–H and O–H groups in total. The van der Waals surface area contributed by atoms with Gasteiger partial charge in [0.2, 0.25) is 0 Å². The minimum Gasteiger partial charge on any atom is -0.382 e. The van der Waals surface area contributed by atoms with E-state index in [0.29, 0.717) is 36.3 Å². The van der Waals surface area contributed by atoms with Crippen LogP contribution in [0.2, 0.25) is 0 Å². The molecule has 1 aromatic carbocycles. The molecule has 2 aromatic heterocycles. The van der Waals surface area contributed by atoms with E-state index in [0.717, 1.165) is 31.0 Å². The maximum atomic E-state index is 14.0. The quantitative estimate of drug-likeness (QED) is 0.0531. The fourth-order valence-electron chi connectivity index (χ4n) is 6.60. The minimum absolute atomic E-state index is 0.0400. The first-order valence-corrected chi connectivity index (χ1v) is 22.0. The van der Waals surface area contributed by atoms with E-state index >= 15 is 0 Å². The van der Waals surface area contributed by atoms with Crippen molar-refractivity contribution in [2.24, 2.45) is 0 Å². The molecule has 1 aliphatic heterocycles. The molecule has 0 aliphatic carbocycles. The Balaban J connectivity index is 0.00000399. The van der Waals surface area contributed by atoms with Crippen molar-refractivity contribution in [3.05, 3.63) is 59.3 Å². The van der Waals surface area contributed by atoms with Crippen molar-refractivity contribution in [3.63, 3.8) is 0 Å². The predicted octanol–water partition coefficient (Wildman–Crippen LogP) is 10.2. The monoisotopic (exact) mass is 789 g/mol. The Labute approximate surface area is 327 Å². The highest BCUT2D eigenvalue weighted by atomic mass is 31.2. The molecule has 14 heteroatoms. The van der Waals surface area contributed by atoms with E-state index < -0.39 is 25.8 Å². The summed E-state index contributed by atoms with van der Waals surface area (Å²) in [6.07, 6.45) is 20.3. The topological polar surface area (TPSA) is 163 Å². The minimum atomic E-state index is -4.48. The first-order valence-electron chi connectivity index (χ1n) is 20.5. The van der Waals surface area contributed by atoms with E-state index in [2.05, 4.69) is 17.0 Å². The summed E-state index contributed by atoms with van der Waals surface area (Å²) >= 11 is 0. The van der Waals surface area contributed by atoms with Gasteiger partial charge in [0.05, 0.1) is 49.9 Å². The highest BCUT2D eigenvalue weighted by Gasteiger charge is 2.32. The first kappa shape index (κ1) is 46.4. The van der Waals surface area contributed by atoms with Crippen molar-refractivity contribution < 1.29 is 37.1 Å². The Bertz CT molecular complexity index is 1590. The molecule has 55 heavy (non-hydrogen) atoms. The van der Waals surface area contributed by atoms with Crippen LogP contribution in [0.4, 0.5) is 10.2 Å². The van der Waals surface area contributed by atoms with Crippen molar-refractivity contribution in [3.8, 4) is 6.07 Å². The third-order valence-corrected chi connectivity index (χ3v) is 10.5. The Morgan fingerprint density at radius 1 is 0.964 bits per heavy atom. The van der Waals surface area contributed by atoms with Crippen molar-refractivity contribution in [2.75, 3.05) is 32.2 Å². The van der Waals surface area contributed by atoms with Gasteiger partial charge in [0.1, 0.15) is 29.9 Å². The van der Waals surface area contributed by atoms with Gasteiger partial charge < -0.3 is 24.8 Å². The van der Waals surface area contributed by atoms with Crippen molar-refractivity contribution in [1.29, 1.82) is 5.26 Å². The molecule has 0 radical (unpaired) electrons. The van der Waals surface area contributed by atoms with E-state index in [1.807, 2.05) is 32.0 Å². The van der Waals surface area contributed by atoms with Crippen LogP contribution >= 0.6 is 7.82 Å². The maximum absolute atomic E-state index is 14.0. The second-order valence-electron chi connectivity index (χ2n) is 14.0. The summed E-state index contributed by atoms with van der Waals surface area (Å²) in [4.78, 5) is 14.5. The Morgan fingerprint density at radius 2 is 1.62 bits per heavy atom. The highest BCUT2D eigenvalue weighted by Crippen LogP contribution is 2.45. The lowest BCUT2D eigenvalue weighted by molar-refractivity contribution is -0.0529. The summed E-state index contributed by atoms with van der Waals surface area (Å²) in [6.45, 7) is 6.39. The van der Waals surface area contributed by atoms with E-state index in [-0.39, 0.29) is 38.1 Å². The lowest BCUT2D eigenvalue weighted by Crippen LogP contribution is -2.26. The highest BCUT2D eigenvalue weighted by molar-refractivity contribution is 7.47. The van der Waals surface area contributed by atoms with Crippen molar-refractivity contribution in [1.82, 2.24) is 14.6 Å². The fraction of sp³-hybridized carbons (Fsp3) is 0.683. The smallest absolute Gasteiger partial charge is 0.382 e. The van der Waals surface area contributed by atoms with Crippen LogP contribution in [0.5, 0.6) is 0 Å². The zero-order chi connectivity index (χ0) is 39.7. The summed E-state index contributed by atoms with van der Waals surface area (Å²) in [6, 6.07) is 9.59. The molecule has 0 bridgehead atoms. The SMILES string of the molecule is CC.CCCCCCCCCCCCCCCCCOCC(COP(=O)(O)OCC1CCC(c2ccc3c(N)ncnn23)O1)OCc1cc(F)cc(C#N)c1. The van der Waals surface area contributed by atoms with E-state index in [1.54, 1.807) is 4.52 Å². The van der Waals surface area contributed by atoms with Gasteiger partial charge in [0.15, 0.2) is 5.82 Å². The number of fused-ring (bicyclic) bond motifs is 1. The number of nitriles is 1. The van der Waals surface area contributed by atoms with Crippen LogP contribution < -0.4 is 5.73 Å². The average molecular weight is 790 g/mol. The summed E-state index contributed by atoms with van der Waals surface area (Å²) in [5.41, 5.74) is 8.06. The second-order valence-corrected chi connectivity index (χ2v) is 15.5. The lowest BCUT2D eigenvalue weighted by Gasteiger charge is -2.21. The maximum Gasteiger partial charge on any atom is 0.472 e. The zero-order valence-electron chi connectivity index (χ0n) is 33.3.